The molecule has 0 aromatic rings. The highest BCUT2D eigenvalue weighted by molar-refractivity contribution is 5.87. The maximum Gasteiger partial charge on any atom is 0.347 e. The lowest BCUT2D eigenvalue weighted by molar-refractivity contribution is -0.161. The van der Waals surface area contributed by atoms with Crippen molar-refractivity contribution in [3.05, 3.63) is 24.5 Å². The van der Waals surface area contributed by atoms with Crippen molar-refractivity contribution in [3.8, 4) is 0 Å². The highest BCUT2D eigenvalue weighted by Crippen LogP contribution is 2.19. The fourth-order valence-electron chi connectivity index (χ4n) is 1.49. The molecule has 6 heteroatoms. The molecule has 0 aromatic carbocycles. The molecule has 20 heavy (non-hydrogen) atoms. The van der Waals surface area contributed by atoms with E-state index in [4.69, 9.17) is 14.2 Å². The molecular formula is C14H18O6. The van der Waals surface area contributed by atoms with Crippen molar-refractivity contribution in [1.82, 2.24) is 0 Å². The molecule has 1 fully saturated rings. The van der Waals surface area contributed by atoms with E-state index in [0.29, 0.717) is 0 Å². The van der Waals surface area contributed by atoms with Crippen molar-refractivity contribution in [1.29, 1.82) is 0 Å². The van der Waals surface area contributed by atoms with Gasteiger partial charge in [-0.3, -0.25) is 4.79 Å². The number of carbonyl (C=O) groups is 3. The first-order chi connectivity index (χ1) is 9.31. The molecule has 1 heterocycles. The largest absolute Gasteiger partial charge is 0.462 e. The van der Waals surface area contributed by atoms with Crippen LogP contribution in [0.5, 0.6) is 0 Å². The molecule has 0 N–H and O–H groups in total. The summed E-state index contributed by atoms with van der Waals surface area (Å²) in [6, 6.07) is 0. The predicted molar refractivity (Wildman–Crippen MR) is 69.3 cm³/mol. The summed E-state index contributed by atoms with van der Waals surface area (Å²) in [5.41, 5.74) is 0.247. The Morgan fingerprint density at radius 2 is 2.00 bits per heavy atom. The lowest BCUT2D eigenvalue weighted by Crippen LogP contribution is -2.27. The van der Waals surface area contributed by atoms with Gasteiger partial charge in [-0.1, -0.05) is 20.1 Å². The number of carbonyl (C=O) groups excluding carboxylic acids is 3. The maximum absolute atomic E-state index is 11.6. The fraction of sp³-hybridized carbons (Fsp3) is 0.500. The molecule has 0 aliphatic carbocycles. The van der Waals surface area contributed by atoms with Crippen LogP contribution in [0.2, 0.25) is 0 Å². The first-order valence-corrected chi connectivity index (χ1v) is 6.23. The predicted octanol–water partition coefficient (Wildman–Crippen LogP) is 1.50. The minimum Gasteiger partial charge on any atom is -0.462 e. The van der Waals surface area contributed by atoms with Gasteiger partial charge >= 0.3 is 17.9 Å². The van der Waals surface area contributed by atoms with Gasteiger partial charge in [0.25, 0.3) is 0 Å². The summed E-state index contributed by atoms with van der Waals surface area (Å²) in [6.07, 6.45) is -0.749. The van der Waals surface area contributed by atoms with Gasteiger partial charge in [-0.25, -0.2) is 9.59 Å². The zero-order valence-corrected chi connectivity index (χ0v) is 11.6. The van der Waals surface area contributed by atoms with Crippen LogP contribution in [0.25, 0.3) is 0 Å². The SMILES string of the molecule is C=C(CCC(=O)OC1C(=O)OCC1C)OC(=O)C(=C)C. The van der Waals surface area contributed by atoms with Gasteiger partial charge in [0.1, 0.15) is 5.76 Å². The van der Waals surface area contributed by atoms with Gasteiger partial charge in [-0.15, -0.1) is 0 Å². The van der Waals surface area contributed by atoms with Crippen molar-refractivity contribution in [2.45, 2.75) is 32.8 Å². The van der Waals surface area contributed by atoms with Crippen molar-refractivity contribution in [2.75, 3.05) is 6.61 Å². The molecule has 110 valence electrons. The van der Waals surface area contributed by atoms with Crippen LogP contribution in [-0.2, 0) is 28.6 Å². The van der Waals surface area contributed by atoms with E-state index in [-0.39, 0.29) is 36.7 Å². The van der Waals surface area contributed by atoms with E-state index in [9.17, 15) is 14.4 Å². The van der Waals surface area contributed by atoms with Gasteiger partial charge in [0.15, 0.2) is 0 Å². The maximum atomic E-state index is 11.6. The molecule has 1 aliphatic rings. The van der Waals surface area contributed by atoms with E-state index in [1.54, 1.807) is 6.92 Å². The van der Waals surface area contributed by atoms with Gasteiger partial charge < -0.3 is 14.2 Å². The molecule has 6 nitrogen and oxygen atoms in total. The first kappa shape index (κ1) is 15.9. The monoisotopic (exact) mass is 282 g/mol. The van der Waals surface area contributed by atoms with Crippen LogP contribution in [-0.4, -0.2) is 30.6 Å². The molecule has 1 rings (SSSR count). The fourth-order valence-corrected chi connectivity index (χ4v) is 1.49. The first-order valence-electron chi connectivity index (χ1n) is 6.23. The lowest BCUT2D eigenvalue weighted by atomic mass is 10.1. The van der Waals surface area contributed by atoms with Crippen LogP contribution >= 0.6 is 0 Å². The Morgan fingerprint density at radius 1 is 1.35 bits per heavy atom. The number of hydrogen-bond acceptors (Lipinski definition) is 6. The van der Waals surface area contributed by atoms with E-state index >= 15 is 0 Å². The van der Waals surface area contributed by atoms with Crippen LogP contribution in [0.3, 0.4) is 0 Å². The smallest absolute Gasteiger partial charge is 0.347 e. The van der Waals surface area contributed by atoms with Crippen molar-refractivity contribution in [2.24, 2.45) is 5.92 Å². The van der Waals surface area contributed by atoms with Crippen LogP contribution in [0.1, 0.15) is 26.7 Å². The highest BCUT2D eigenvalue weighted by atomic mass is 16.6. The third kappa shape index (κ3) is 4.53. The van der Waals surface area contributed by atoms with Crippen LogP contribution < -0.4 is 0 Å². The Labute approximate surface area is 117 Å². The molecule has 0 saturated carbocycles. The molecule has 0 amide bonds. The Bertz CT molecular complexity index is 451. The molecule has 1 aliphatic heterocycles. The number of hydrogen-bond donors (Lipinski definition) is 0. The number of cyclic esters (lactones) is 1. The van der Waals surface area contributed by atoms with Gasteiger partial charge in [-0.2, -0.15) is 0 Å². The summed E-state index contributed by atoms with van der Waals surface area (Å²) < 4.78 is 14.6. The summed E-state index contributed by atoms with van der Waals surface area (Å²) in [7, 11) is 0. The minimum absolute atomic E-state index is 0.0290. The van der Waals surface area contributed by atoms with Crippen molar-refractivity contribution >= 4 is 17.9 Å². The van der Waals surface area contributed by atoms with E-state index in [0.717, 1.165) is 0 Å². The second kappa shape index (κ2) is 6.88. The number of esters is 3. The lowest BCUT2D eigenvalue weighted by Gasteiger charge is -2.12. The molecule has 0 aromatic heterocycles. The second-order valence-corrected chi connectivity index (χ2v) is 4.73. The third-order valence-electron chi connectivity index (χ3n) is 2.69. The summed E-state index contributed by atoms with van der Waals surface area (Å²) >= 11 is 0. The standard InChI is InChI=1S/C14H18O6/c1-8(2)13(16)19-10(4)5-6-11(15)20-12-9(3)7-18-14(12)17/h9,12H,1,4-7H2,2-3H3. The summed E-state index contributed by atoms with van der Waals surface area (Å²) in [5.74, 6) is -1.68. The summed E-state index contributed by atoms with van der Waals surface area (Å²) in [5, 5.41) is 0. The molecule has 0 spiro atoms. The third-order valence-corrected chi connectivity index (χ3v) is 2.69. The van der Waals surface area contributed by atoms with Gasteiger partial charge in [0.05, 0.1) is 13.0 Å². The zero-order valence-electron chi connectivity index (χ0n) is 11.6. The Hall–Kier alpha value is -2.11. The molecular weight excluding hydrogens is 264 g/mol. The van der Waals surface area contributed by atoms with E-state index in [1.807, 2.05) is 0 Å². The average molecular weight is 282 g/mol. The minimum atomic E-state index is -0.853. The van der Waals surface area contributed by atoms with E-state index in [1.165, 1.54) is 6.92 Å². The molecule has 0 radical (unpaired) electrons. The van der Waals surface area contributed by atoms with Gasteiger partial charge in [-0.05, 0) is 6.92 Å². The summed E-state index contributed by atoms with van der Waals surface area (Å²) in [4.78, 5) is 34.1. The Balaban J connectivity index is 2.33. The summed E-state index contributed by atoms with van der Waals surface area (Å²) in [6.45, 7) is 10.5. The average Bonchev–Trinajstić information content (AvgIpc) is 2.68. The normalized spacial score (nSPS) is 21.0. The number of allylic oxidation sites excluding steroid dienone is 1. The molecule has 1 saturated heterocycles. The van der Waals surface area contributed by atoms with Gasteiger partial charge in [0.2, 0.25) is 6.10 Å². The molecule has 2 atom stereocenters. The van der Waals surface area contributed by atoms with Crippen molar-refractivity contribution in [3.63, 3.8) is 0 Å². The number of rotatable bonds is 6. The van der Waals surface area contributed by atoms with Gasteiger partial charge in [0, 0.05) is 17.9 Å². The van der Waals surface area contributed by atoms with Crippen LogP contribution in [0, 0.1) is 5.92 Å². The van der Waals surface area contributed by atoms with Crippen molar-refractivity contribution < 1.29 is 28.6 Å². The quantitative estimate of drug-likeness (QED) is 0.318. The topological polar surface area (TPSA) is 78.9 Å². The zero-order chi connectivity index (χ0) is 15.3. The highest BCUT2D eigenvalue weighted by Gasteiger charge is 2.37. The van der Waals surface area contributed by atoms with Crippen LogP contribution in [0.4, 0.5) is 0 Å². The second-order valence-electron chi connectivity index (χ2n) is 4.73. The number of ether oxygens (including phenoxy) is 3. The Kier molecular flexibility index (Phi) is 5.49. The van der Waals surface area contributed by atoms with Crippen LogP contribution in [0.15, 0.2) is 24.5 Å². The van der Waals surface area contributed by atoms with E-state index < -0.39 is 24.0 Å². The Morgan fingerprint density at radius 3 is 2.50 bits per heavy atom. The molecule has 0 bridgehead atoms. The van der Waals surface area contributed by atoms with E-state index in [2.05, 4.69) is 13.2 Å². The molecule has 2 unspecified atom stereocenters.